The van der Waals surface area contributed by atoms with Gasteiger partial charge in [-0.3, -0.25) is 4.79 Å². The van der Waals surface area contributed by atoms with E-state index in [1.807, 2.05) is 0 Å². The average Bonchev–Trinajstić information content (AvgIpc) is 2.50. The molecule has 124 valence electrons. The molecule has 2 unspecified atom stereocenters. The molecule has 0 bridgehead atoms. The molecule has 0 aromatic heterocycles. The van der Waals surface area contributed by atoms with Gasteiger partial charge in [0.1, 0.15) is 0 Å². The van der Waals surface area contributed by atoms with Gasteiger partial charge in [-0.15, -0.1) is 0 Å². The zero-order valence-electron chi connectivity index (χ0n) is 11.3. The van der Waals surface area contributed by atoms with Crippen LogP contribution in [0.4, 0.5) is 26.3 Å². The predicted molar refractivity (Wildman–Crippen MR) is 73.2 cm³/mol. The van der Waals surface area contributed by atoms with E-state index in [4.69, 9.17) is 0 Å². The van der Waals surface area contributed by atoms with Gasteiger partial charge in [0, 0.05) is 17.7 Å². The van der Waals surface area contributed by atoms with E-state index in [0.29, 0.717) is 5.56 Å². The Morgan fingerprint density at radius 2 is 1.68 bits per heavy atom. The SMILES string of the molecule is O=C(SCCCC(F)(F)C(F)C(F)C(F)F)c1ccccc1. The van der Waals surface area contributed by atoms with E-state index < -0.39 is 31.1 Å². The lowest BCUT2D eigenvalue weighted by atomic mass is 10.1. The van der Waals surface area contributed by atoms with Crippen molar-refractivity contribution in [1.29, 1.82) is 0 Å². The predicted octanol–water partition coefficient (Wildman–Crippen LogP) is 4.92. The second-order valence-corrected chi connectivity index (χ2v) is 5.61. The lowest BCUT2D eigenvalue weighted by molar-refractivity contribution is -0.131. The molecule has 0 aliphatic carbocycles. The van der Waals surface area contributed by atoms with Gasteiger partial charge in [-0.05, 0) is 6.42 Å². The Morgan fingerprint density at radius 3 is 2.23 bits per heavy atom. The summed E-state index contributed by atoms with van der Waals surface area (Å²) in [6.07, 6.45) is -12.3. The number of rotatable bonds is 8. The molecule has 22 heavy (non-hydrogen) atoms. The van der Waals surface area contributed by atoms with E-state index in [1.54, 1.807) is 30.3 Å². The molecule has 0 N–H and O–H groups in total. The lowest BCUT2D eigenvalue weighted by Crippen LogP contribution is -2.40. The summed E-state index contributed by atoms with van der Waals surface area (Å²) < 4.78 is 75.9. The van der Waals surface area contributed by atoms with Gasteiger partial charge in [0.15, 0.2) is 12.3 Å². The van der Waals surface area contributed by atoms with Crippen LogP contribution in [0.25, 0.3) is 0 Å². The molecule has 1 aromatic rings. The van der Waals surface area contributed by atoms with E-state index >= 15 is 0 Å². The van der Waals surface area contributed by atoms with Crippen LogP contribution in [-0.2, 0) is 0 Å². The van der Waals surface area contributed by atoms with Gasteiger partial charge in [0.2, 0.25) is 5.12 Å². The summed E-state index contributed by atoms with van der Waals surface area (Å²) in [5.41, 5.74) is 0.393. The summed E-state index contributed by atoms with van der Waals surface area (Å²) in [6, 6.07) is 8.10. The van der Waals surface area contributed by atoms with Crippen molar-refractivity contribution in [2.75, 3.05) is 5.75 Å². The quantitative estimate of drug-likeness (QED) is 0.492. The normalized spacial score (nSPS) is 14.9. The van der Waals surface area contributed by atoms with Crippen LogP contribution in [0.3, 0.4) is 0 Å². The highest BCUT2D eigenvalue weighted by atomic mass is 32.2. The van der Waals surface area contributed by atoms with E-state index in [0.717, 1.165) is 11.8 Å². The van der Waals surface area contributed by atoms with Crippen LogP contribution in [-0.4, -0.2) is 35.6 Å². The van der Waals surface area contributed by atoms with Crippen molar-refractivity contribution in [3.05, 3.63) is 35.9 Å². The molecule has 0 aliphatic rings. The fourth-order valence-corrected chi connectivity index (χ4v) is 2.41. The Bertz CT molecular complexity index is 468. The molecule has 0 saturated heterocycles. The van der Waals surface area contributed by atoms with Crippen molar-refractivity contribution in [2.45, 2.75) is 37.5 Å². The molecule has 0 fully saturated rings. The first-order valence-corrected chi connectivity index (χ1v) is 7.40. The summed E-state index contributed by atoms with van der Waals surface area (Å²) >= 11 is 0.760. The highest BCUT2D eigenvalue weighted by Crippen LogP contribution is 2.33. The van der Waals surface area contributed by atoms with E-state index in [-0.39, 0.29) is 17.3 Å². The second kappa shape index (κ2) is 8.45. The summed E-state index contributed by atoms with van der Waals surface area (Å²) in [4.78, 5) is 11.6. The van der Waals surface area contributed by atoms with E-state index in [1.165, 1.54) is 0 Å². The average molecular weight is 344 g/mol. The van der Waals surface area contributed by atoms with Gasteiger partial charge in [-0.1, -0.05) is 42.1 Å². The summed E-state index contributed by atoms with van der Waals surface area (Å²) in [5.74, 6) is -4.23. The van der Waals surface area contributed by atoms with Gasteiger partial charge in [0.05, 0.1) is 0 Å². The molecule has 0 spiro atoms. The van der Waals surface area contributed by atoms with Crippen LogP contribution in [0.5, 0.6) is 0 Å². The molecule has 1 nitrogen and oxygen atoms in total. The number of benzene rings is 1. The Labute approximate surface area is 128 Å². The van der Waals surface area contributed by atoms with Crippen LogP contribution in [0, 0.1) is 0 Å². The molecule has 0 radical (unpaired) electrons. The van der Waals surface area contributed by atoms with E-state index in [2.05, 4.69) is 0 Å². The van der Waals surface area contributed by atoms with Gasteiger partial charge in [-0.25, -0.2) is 26.3 Å². The molecule has 2 atom stereocenters. The monoisotopic (exact) mass is 344 g/mol. The molecule has 1 rings (SSSR count). The minimum absolute atomic E-state index is 0.0400. The van der Waals surface area contributed by atoms with Crippen LogP contribution in [0.15, 0.2) is 30.3 Å². The molecule has 8 heteroatoms. The first-order chi connectivity index (χ1) is 10.3. The standard InChI is InChI=1S/C14H14F6OS/c15-10(12(17)18)11(16)14(19,20)7-4-8-22-13(21)9-5-2-1-3-6-9/h1-3,5-6,10-12H,4,7-8H2. The van der Waals surface area contributed by atoms with Gasteiger partial charge >= 0.3 is 0 Å². The molecule has 0 heterocycles. The Balaban J connectivity index is 2.38. The van der Waals surface area contributed by atoms with Crippen LogP contribution in [0.1, 0.15) is 23.2 Å². The fourth-order valence-electron chi connectivity index (χ4n) is 1.63. The van der Waals surface area contributed by atoms with Crippen LogP contribution in [0.2, 0.25) is 0 Å². The lowest BCUT2D eigenvalue weighted by Gasteiger charge is -2.22. The first-order valence-electron chi connectivity index (χ1n) is 6.42. The summed E-state index contributed by atoms with van der Waals surface area (Å²) in [5, 5.41) is -0.336. The van der Waals surface area contributed by atoms with Crippen molar-refractivity contribution in [3.8, 4) is 0 Å². The Hall–Kier alpha value is -1.18. The molecule has 1 aromatic carbocycles. The van der Waals surface area contributed by atoms with Crippen LogP contribution < -0.4 is 0 Å². The maximum atomic E-state index is 13.2. The minimum Gasteiger partial charge on any atom is -0.282 e. The molecular formula is C14H14F6OS. The first kappa shape index (κ1) is 18.9. The highest BCUT2D eigenvalue weighted by Gasteiger charge is 2.48. The number of carbonyl (C=O) groups is 1. The third-order valence-electron chi connectivity index (χ3n) is 2.82. The molecule has 0 saturated carbocycles. The fraction of sp³-hybridized carbons (Fsp3) is 0.500. The van der Waals surface area contributed by atoms with Gasteiger partial charge in [-0.2, -0.15) is 0 Å². The molecule has 0 aliphatic heterocycles. The second-order valence-electron chi connectivity index (χ2n) is 4.55. The van der Waals surface area contributed by atoms with Crippen molar-refractivity contribution in [1.82, 2.24) is 0 Å². The smallest absolute Gasteiger partial charge is 0.281 e. The van der Waals surface area contributed by atoms with Crippen molar-refractivity contribution in [2.24, 2.45) is 0 Å². The minimum atomic E-state index is -4.19. The van der Waals surface area contributed by atoms with Crippen molar-refractivity contribution >= 4 is 16.9 Å². The topological polar surface area (TPSA) is 17.1 Å². The largest absolute Gasteiger partial charge is 0.282 e. The van der Waals surface area contributed by atoms with Crippen molar-refractivity contribution < 1.29 is 31.1 Å². The van der Waals surface area contributed by atoms with E-state index in [9.17, 15) is 31.1 Å². The number of alkyl halides is 6. The zero-order valence-corrected chi connectivity index (χ0v) is 12.1. The Kier molecular flexibility index (Phi) is 7.25. The van der Waals surface area contributed by atoms with Gasteiger partial charge < -0.3 is 0 Å². The zero-order chi connectivity index (χ0) is 16.8. The van der Waals surface area contributed by atoms with Crippen LogP contribution >= 0.6 is 11.8 Å². The molecule has 0 amide bonds. The summed E-state index contributed by atoms with van der Waals surface area (Å²) in [6.45, 7) is 0. The third-order valence-corrected chi connectivity index (χ3v) is 3.81. The highest BCUT2D eigenvalue weighted by molar-refractivity contribution is 8.14. The summed E-state index contributed by atoms with van der Waals surface area (Å²) in [7, 11) is 0. The van der Waals surface area contributed by atoms with Gasteiger partial charge in [0.25, 0.3) is 12.3 Å². The number of hydrogen-bond acceptors (Lipinski definition) is 2. The maximum absolute atomic E-state index is 13.2. The number of halogens is 6. The Morgan fingerprint density at radius 1 is 1.09 bits per heavy atom. The molecular weight excluding hydrogens is 330 g/mol. The number of thioether (sulfide) groups is 1. The maximum Gasteiger partial charge on any atom is 0.281 e. The number of carbonyl (C=O) groups excluding carboxylic acids is 1. The number of hydrogen-bond donors (Lipinski definition) is 0. The van der Waals surface area contributed by atoms with Crippen molar-refractivity contribution in [3.63, 3.8) is 0 Å². The third kappa shape index (κ3) is 5.55.